The number of rotatable bonds is 1. The summed E-state index contributed by atoms with van der Waals surface area (Å²) in [7, 11) is 0. The van der Waals surface area contributed by atoms with E-state index in [0.29, 0.717) is 0 Å². The summed E-state index contributed by atoms with van der Waals surface area (Å²) < 4.78 is 0. The van der Waals surface area contributed by atoms with Crippen molar-refractivity contribution < 1.29 is 0 Å². The van der Waals surface area contributed by atoms with E-state index in [0.717, 1.165) is 31.5 Å². The summed E-state index contributed by atoms with van der Waals surface area (Å²) in [5, 5.41) is 3.47. The average molecular weight is 258 g/mol. The lowest BCUT2D eigenvalue weighted by molar-refractivity contribution is 0.341. The molecule has 0 radical (unpaired) electrons. The van der Waals surface area contributed by atoms with Crippen LogP contribution in [-0.2, 0) is 13.0 Å². The second kappa shape index (κ2) is 4.75. The molecular formula is C15H22N4. The number of anilines is 1. The first-order valence-electron chi connectivity index (χ1n) is 7.73. The number of aromatic nitrogens is 2. The molecule has 0 bridgehead atoms. The van der Waals surface area contributed by atoms with Gasteiger partial charge in [-0.1, -0.05) is 12.8 Å². The SMILES string of the molecule is c1nc2c(c(N3CCC4CCCCC43)n1)CNCC2. The van der Waals surface area contributed by atoms with Gasteiger partial charge in [0.05, 0.1) is 5.69 Å². The molecule has 2 fully saturated rings. The Morgan fingerprint density at radius 2 is 2.11 bits per heavy atom. The summed E-state index contributed by atoms with van der Waals surface area (Å²) in [6.07, 6.45) is 9.78. The standard InChI is InChI=1S/C15H22N4/c1-2-4-14-11(3-1)6-8-19(14)15-12-9-16-7-5-13(12)17-10-18-15/h10-11,14,16H,1-9H2. The number of hydrogen-bond donors (Lipinski definition) is 1. The number of hydrogen-bond acceptors (Lipinski definition) is 4. The zero-order chi connectivity index (χ0) is 12.7. The lowest BCUT2D eigenvalue weighted by atomic mass is 9.85. The van der Waals surface area contributed by atoms with Crippen LogP contribution in [0.15, 0.2) is 6.33 Å². The Bertz CT molecular complexity index is 473. The van der Waals surface area contributed by atoms with Crippen LogP contribution in [0.25, 0.3) is 0 Å². The molecule has 3 heterocycles. The van der Waals surface area contributed by atoms with Crippen molar-refractivity contribution in [1.29, 1.82) is 0 Å². The van der Waals surface area contributed by atoms with Crippen molar-refractivity contribution in [2.24, 2.45) is 5.92 Å². The van der Waals surface area contributed by atoms with Gasteiger partial charge in [0.1, 0.15) is 12.1 Å². The Morgan fingerprint density at radius 3 is 3.11 bits per heavy atom. The highest BCUT2D eigenvalue weighted by Gasteiger charge is 2.37. The molecule has 2 atom stereocenters. The van der Waals surface area contributed by atoms with E-state index in [9.17, 15) is 0 Å². The second-order valence-electron chi connectivity index (χ2n) is 6.14. The highest BCUT2D eigenvalue weighted by atomic mass is 15.2. The highest BCUT2D eigenvalue weighted by Crippen LogP contribution is 2.39. The fourth-order valence-corrected chi connectivity index (χ4v) is 4.17. The molecule has 102 valence electrons. The molecule has 0 aromatic carbocycles. The van der Waals surface area contributed by atoms with Crippen molar-refractivity contribution in [3.63, 3.8) is 0 Å². The maximum absolute atomic E-state index is 4.64. The smallest absolute Gasteiger partial charge is 0.137 e. The van der Waals surface area contributed by atoms with Gasteiger partial charge in [0.2, 0.25) is 0 Å². The van der Waals surface area contributed by atoms with E-state index >= 15 is 0 Å². The van der Waals surface area contributed by atoms with Gasteiger partial charge in [-0.25, -0.2) is 9.97 Å². The third-order valence-electron chi connectivity index (χ3n) is 5.13. The summed E-state index contributed by atoms with van der Waals surface area (Å²) in [5.74, 6) is 2.14. The van der Waals surface area contributed by atoms with E-state index < -0.39 is 0 Å². The minimum absolute atomic E-state index is 0.745. The van der Waals surface area contributed by atoms with Crippen molar-refractivity contribution in [2.75, 3.05) is 18.0 Å². The molecule has 0 amide bonds. The van der Waals surface area contributed by atoms with E-state index in [4.69, 9.17) is 0 Å². The quantitative estimate of drug-likeness (QED) is 0.835. The van der Waals surface area contributed by atoms with Crippen LogP contribution in [-0.4, -0.2) is 29.1 Å². The van der Waals surface area contributed by atoms with Gasteiger partial charge >= 0.3 is 0 Å². The largest absolute Gasteiger partial charge is 0.353 e. The molecule has 4 rings (SSSR count). The Labute approximate surface area is 114 Å². The highest BCUT2D eigenvalue weighted by molar-refractivity contribution is 5.51. The van der Waals surface area contributed by atoms with Crippen LogP contribution < -0.4 is 10.2 Å². The summed E-state index contributed by atoms with van der Waals surface area (Å²) in [4.78, 5) is 11.7. The number of fused-ring (bicyclic) bond motifs is 2. The van der Waals surface area contributed by atoms with Gasteiger partial charge in [-0.3, -0.25) is 0 Å². The molecule has 1 aromatic heterocycles. The summed E-state index contributed by atoms with van der Waals surface area (Å²) >= 11 is 0. The predicted molar refractivity (Wildman–Crippen MR) is 75.2 cm³/mol. The average Bonchev–Trinajstić information content (AvgIpc) is 2.90. The molecule has 4 nitrogen and oxygen atoms in total. The fourth-order valence-electron chi connectivity index (χ4n) is 4.17. The summed E-state index contributed by atoms with van der Waals surface area (Å²) in [6.45, 7) is 3.19. The molecule has 19 heavy (non-hydrogen) atoms. The van der Waals surface area contributed by atoms with Gasteiger partial charge in [0.25, 0.3) is 0 Å². The minimum Gasteiger partial charge on any atom is -0.353 e. The monoisotopic (exact) mass is 258 g/mol. The molecule has 2 aliphatic heterocycles. The van der Waals surface area contributed by atoms with E-state index in [-0.39, 0.29) is 0 Å². The summed E-state index contributed by atoms with van der Waals surface area (Å²) in [6, 6.07) is 0.745. The van der Waals surface area contributed by atoms with Gasteiger partial charge in [-0.15, -0.1) is 0 Å². The molecule has 1 saturated heterocycles. The van der Waals surface area contributed by atoms with Gasteiger partial charge in [-0.2, -0.15) is 0 Å². The molecule has 2 unspecified atom stereocenters. The van der Waals surface area contributed by atoms with Crippen molar-refractivity contribution in [2.45, 2.75) is 51.1 Å². The Hall–Kier alpha value is -1.16. The van der Waals surface area contributed by atoms with Gasteiger partial charge in [-0.05, 0) is 25.2 Å². The van der Waals surface area contributed by atoms with Gasteiger partial charge in [0, 0.05) is 37.7 Å². The van der Waals surface area contributed by atoms with Crippen molar-refractivity contribution in [1.82, 2.24) is 15.3 Å². The van der Waals surface area contributed by atoms with Gasteiger partial charge < -0.3 is 10.2 Å². The first kappa shape index (κ1) is 11.6. The van der Waals surface area contributed by atoms with Crippen LogP contribution in [0.3, 0.4) is 0 Å². The lowest BCUT2D eigenvalue weighted by Crippen LogP contribution is -2.37. The third kappa shape index (κ3) is 1.93. The zero-order valence-electron chi connectivity index (χ0n) is 11.4. The van der Waals surface area contributed by atoms with Crippen LogP contribution in [0, 0.1) is 5.92 Å². The number of nitrogens with zero attached hydrogens (tertiary/aromatic N) is 3. The zero-order valence-corrected chi connectivity index (χ0v) is 11.4. The molecule has 1 saturated carbocycles. The van der Waals surface area contributed by atoms with E-state index in [2.05, 4.69) is 20.2 Å². The Balaban J connectivity index is 1.69. The van der Waals surface area contributed by atoms with Crippen LogP contribution in [0.4, 0.5) is 5.82 Å². The van der Waals surface area contributed by atoms with Crippen LogP contribution in [0.1, 0.15) is 43.4 Å². The van der Waals surface area contributed by atoms with Crippen molar-refractivity contribution >= 4 is 5.82 Å². The molecule has 1 aliphatic carbocycles. The maximum atomic E-state index is 4.64. The topological polar surface area (TPSA) is 41.1 Å². The molecule has 3 aliphatic rings. The minimum atomic E-state index is 0.745. The van der Waals surface area contributed by atoms with E-state index in [1.165, 1.54) is 55.7 Å². The Morgan fingerprint density at radius 1 is 1.16 bits per heavy atom. The van der Waals surface area contributed by atoms with Gasteiger partial charge in [0.15, 0.2) is 0 Å². The summed E-state index contributed by atoms with van der Waals surface area (Å²) in [5.41, 5.74) is 2.63. The molecule has 1 N–H and O–H groups in total. The van der Waals surface area contributed by atoms with Crippen LogP contribution >= 0.6 is 0 Å². The van der Waals surface area contributed by atoms with E-state index in [1.54, 1.807) is 6.33 Å². The second-order valence-corrected chi connectivity index (χ2v) is 6.14. The van der Waals surface area contributed by atoms with E-state index in [1.807, 2.05) is 0 Å². The molecule has 4 heteroatoms. The van der Waals surface area contributed by atoms with Crippen molar-refractivity contribution in [3.05, 3.63) is 17.6 Å². The molecular weight excluding hydrogens is 236 g/mol. The van der Waals surface area contributed by atoms with Crippen molar-refractivity contribution in [3.8, 4) is 0 Å². The third-order valence-corrected chi connectivity index (χ3v) is 5.13. The number of nitrogens with one attached hydrogen (secondary N) is 1. The molecule has 1 aromatic rings. The van der Waals surface area contributed by atoms with Crippen LogP contribution in [0.2, 0.25) is 0 Å². The molecule has 0 spiro atoms. The fraction of sp³-hybridized carbons (Fsp3) is 0.733. The normalized spacial score (nSPS) is 30.0. The Kier molecular flexibility index (Phi) is 2.91. The lowest BCUT2D eigenvalue weighted by Gasteiger charge is -2.34. The predicted octanol–water partition coefficient (Wildman–Crippen LogP) is 1.89. The van der Waals surface area contributed by atoms with Crippen LogP contribution in [0.5, 0.6) is 0 Å². The maximum Gasteiger partial charge on any atom is 0.137 e. The first-order valence-corrected chi connectivity index (χ1v) is 7.73. The first-order chi connectivity index (χ1) is 9.43.